The molecular formula is C19H23NO2. The summed E-state index contributed by atoms with van der Waals surface area (Å²) in [6.45, 7) is 5.05. The van der Waals surface area contributed by atoms with Crippen molar-refractivity contribution in [3.63, 3.8) is 0 Å². The third-order valence-corrected chi connectivity index (χ3v) is 3.76. The highest BCUT2D eigenvalue weighted by Gasteiger charge is 2.14. The summed E-state index contributed by atoms with van der Waals surface area (Å²) in [7, 11) is 0. The van der Waals surface area contributed by atoms with Crippen LogP contribution in [-0.4, -0.2) is 17.6 Å². The van der Waals surface area contributed by atoms with Crippen LogP contribution < -0.4 is 5.32 Å². The zero-order chi connectivity index (χ0) is 15.9. The molecule has 0 atom stereocenters. The van der Waals surface area contributed by atoms with E-state index in [0.717, 1.165) is 48.2 Å². The standard InChI is InChI=1S/C19H23NO2/c1-3-5-11-20-17-13-16(19(21)22)12-14(4-2)18(17)15-9-7-6-8-10-15/h6-10,12-13,20H,3-5,11H2,1-2H3,(H,21,22). The van der Waals surface area contributed by atoms with E-state index in [1.165, 1.54) is 0 Å². The Kier molecular flexibility index (Phi) is 5.59. The predicted molar refractivity (Wildman–Crippen MR) is 91.6 cm³/mol. The second-order valence-electron chi connectivity index (χ2n) is 5.36. The van der Waals surface area contributed by atoms with E-state index in [4.69, 9.17) is 0 Å². The normalized spacial score (nSPS) is 10.5. The summed E-state index contributed by atoms with van der Waals surface area (Å²) in [6, 6.07) is 13.7. The van der Waals surface area contributed by atoms with Crippen LogP contribution in [0.15, 0.2) is 42.5 Å². The fourth-order valence-corrected chi connectivity index (χ4v) is 2.59. The number of rotatable bonds is 7. The zero-order valence-electron chi connectivity index (χ0n) is 13.2. The monoisotopic (exact) mass is 297 g/mol. The van der Waals surface area contributed by atoms with E-state index in [0.29, 0.717) is 5.56 Å². The van der Waals surface area contributed by atoms with Gasteiger partial charge in [-0.1, -0.05) is 50.6 Å². The maximum Gasteiger partial charge on any atom is 0.335 e. The Morgan fingerprint density at radius 2 is 1.86 bits per heavy atom. The highest BCUT2D eigenvalue weighted by Crippen LogP contribution is 2.33. The maximum absolute atomic E-state index is 11.4. The van der Waals surface area contributed by atoms with Crippen molar-refractivity contribution in [2.24, 2.45) is 0 Å². The van der Waals surface area contributed by atoms with Gasteiger partial charge in [0.25, 0.3) is 0 Å². The molecule has 0 saturated carbocycles. The number of carboxylic acid groups (broad SMARTS) is 1. The SMILES string of the molecule is CCCCNc1cc(C(=O)O)cc(CC)c1-c1ccccc1. The van der Waals surface area contributed by atoms with E-state index in [1.807, 2.05) is 18.2 Å². The molecule has 2 aromatic rings. The summed E-state index contributed by atoms with van der Waals surface area (Å²) in [5, 5.41) is 12.8. The Bertz CT molecular complexity index is 635. The van der Waals surface area contributed by atoms with Crippen molar-refractivity contribution < 1.29 is 9.90 Å². The first-order chi connectivity index (χ1) is 10.7. The minimum Gasteiger partial charge on any atom is -0.478 e. The number of hydrogen-bond donors (Lipinski definition) is 2. The van der Waals surface area contributed by atoms with Crippen molar-refractivity contribution in [1.82, 2.24) is 0 Å². The van der Waals surface area contributed by atoms with Gasteiger partial charge in [0.05, 0.1) is 5.56 Å². The summed E-state index contributed by atoms with van der Waals surface area (Å²) in [5.41, 5.74) is 4.55. The highest BCUT2D eigenvalue weighted by molar-refractivity contribution is 5.93. The van der Waals surface area contributed by atoms with E-state index < -0.39 is 5.97 Å². The number of aromatic carboxylic acids is 1. The second kappa shape index (κ2) is 7.64. The molecule has 0 aliphatic heterocycles. The average molecular weight is 297 g/mol. The van der Waals surface area contributed by atoms with Crippen LogP contribution in [0.1, 0.15) is 42.6 Å². The zero-order valence-corrected chi connectivity index (χ0v) is 13.2. The number of benzene rings is 2. The van der Waals surface area contributed by atoms with Crippen LogP contribution >= 0.6 is 0 Å². The van der Waals surface area contributed by atoms with Gasteiger partial charge in [-0.3, -0.25) is 0 Å². The number of anilines is 1. The van der Waals surface area contributed by atoms with Crippen LogP contribution in [0.5, 0.6) is 0 Å². The first kappa shape index (κ1) is 16.1. The van der Waals surface area contributed by atoms with Crippen LogP contribution in [0.25, 0.3) is 11.1 Å². The molecule has 22 heavy (non-hydrogen) atoms. The number of unbranched alkanes of at least 4 members (excludes halogenated alkanes) is 1. The number of aryl methyl sites for hydroxylation is 1. The molecule has 0 aromatic heterocycles. The molecule has 116 valence electrons. The summed E-state index contributed by atoms with van der Waals surface area (Å²) in [6.07, 6.45) is 2.97. The molecule has 2 aromatic carbocycles. The minimum absolute atomic E-state index is 0.343. The number of nitrogens with one attached hydrogen (secondary N) is 1. The number of carboxylic acids is 1. The van der Waals surface area contributed by atoms with Crippen molar-refractivity contribution in [3.8, 4) is 11.1 Å². The molecule has 0 amide bonds. The largest absolute Gasteiger partial charge is 0.478 e. The number of carbonyl (C=O) groups is 1. The Labute approximate surface area is 132 Å². The second-order valence-corrected chi connectivity index (χ2v) is 5.36. The lowest BCUT2D eigenvalue weighted by Crippen LogP contribution is -2.07. The molecule has 2 rings (SSSR count). The lowest BCUT2D eigenvalue weighted by atomic mass is 9.93. The Balaban J connectivity index is 2.54. The molecular weight excluding hydrogens is 274 g/mol. The van der Waals surface area contributed by atoms with Crippen molar-refractivity contribution in [1.29, 1.82) is 0 Å². The lowest BCUT2D eigenvalue weighted by molar-refractivity contribution is 0.0697. The van der Waals surface area contributed by atoms with Gasteiger partial charge in [-0.05, 0) is 36.1 Å². The molecule has 0 saturated heterocycles. The fraction of sp³-hybridized carbons (Fsp3) is 0.316. The fourth-order valence-electron chi connectivity index (χ4n) is 2.59. The van der Waals surface area contributed by atoms with E-state index in [2.05, 4.69) is 31.3 Å². The topological polar surface area (TPSA) is 49.3 Å². The molecule has 3 heteroatoms. The van der Waals surface area contributed by atoms with E-state index in [-0.39, 0.29) is 0 Å². The molecule has 0 aliphatic carbocycles. The van der Waals surface area contributed by atoms with Gasteiger partial charge in [-0.2, -0.15) is 0 Å². The van der Waals surface area contributed by atoms with Gasteiger partial charge in [-0.25, -0.2) is 4.79 Å². The first-order valence-corrected chi connectivity index (χ1v) is 7.86. The van der Waals surface area contributed by atoms with Gasteiger partial charge in [-0.15, -0.1) is 0 Å². The molecule has 0 unspecified atom stereocenters. The summed E-state index contributed by atoms with van der Waals surface area (Å²) < 4.78 is 0. The molecule has 3 nitrogen and oxygen atoms in total. The van der Waals surface area contributed by atoms with E-state index in [1.54, 1.807) is 12.1 Å². The summed E-state index contributed by atoms with van der Waals surface area (Å²) in [4.78, 5) is 11.4. The van der Waals surface area contributed by atoms with E-state index in [9.17, 15) is 9.90 Å². The molecule has 0 aliphatic rings. The molecule has 0 radical (unpaired) electrons. The van der Waals surface area contributed by atoms with Gasteiger partial charge in [0.2, 0.25) is 0 Å². The van der Waals surface area contributed by atoms with E-state index >= 15 is 0 Å². The van der Waals surface area contributed by atoms with Crippen LogP contribution in [0, 0.1) is 0 Å². The minimum atomic E-state index is -0.882. The Hall–Kier alpha value is -2.29. The van der Waals surface area contributed by atoms with Gasteiger partial charge in [0, 0.05) is 17.8 Å². The van der Waals surface area contributed by atoms with Crippen molar-refractivity contribution in [3.05, 3.63) is 53.6 Å². The molecule has 2 N–H and O–H groups in total. The molecule has 0 spiro atoms. The highest BCUT2D eigenvalue weighted by atomic mass is 16.4. The lowest BCUT2D eigenvalue weighted by Gasteiger charge is -2.17. The van der Waals surface area contributed by atoms with Gasteiger partial charge < -0.3 is 10.4 Å². The van der Waals surface area contributed by atoms with Gasteiger partial charge in [0.1, 0.15) is 0 Å². The Morgan fingerprint density at radius 1 is 1.14 bits per heavy atom. The van der Waals surface area contributed by atoms with Gasteiger partial charge >= 0.3 is 5.97 Å². The number of hydrogen-bond acceptors (Lipinski definition) is 2. The van der Waals surface area contributed by atoms with Crippen molar-refractivity contribution in [2.45, 2.75) is 33.1 Å². The average Bonchev–Trinajstić information content (AvgIpc) is 2.55. The molecule has 0 bridgehead atoms. The third-order valence-electron chi connectivity index (χ3n) is 3.76. The molecule has 0 fully saturated rings. The summed E-state index contributed by atoms with van der Waals surface area (Å²) >= 11 is 0. The molecule has 0 heterocycles. The third kappa shape index (κ3) is 3.67. The summed E-state index contributed by atoms with van der Waals surface area (Å²) in [5.74, 6) is -0.882. The van der Waals surface area contributed by atoms with Crippen LogP contribution in [0.3, 0.4) is 0 Å². The van der Waals surface area contributed by atoms with Crippen molar-refractivity contribution >= 4 is 11.7 Å². The smallest absolute Gasteiger partial charge is 0.335 e. The maximum atomic E-state index is 11.4. The van der Waals surface area contributed by atoms with Gasteiger partial charge in [0.15, 0.2) is 0 Å². The first-order valence-electron chi connectivity index (χ1n) is 7.86. The predicted octanol–water partition coefficient (Wildman–Crippen LogP) is 4.83. The van der Waals surface area contributed by atoms with Crippen molar-refractivity contribution in [2.75, 3.05) is 11.9 Å². The van der Waals surface area contributed by atoms with Crippen LogP contribution in [-0.2, 0) is 6.42 Å². The Morgan fingerprint density at radius 3 is 2.45 bits per heavy atom. The van der Waals surface area contributed by atoms with Crippen LogP contribution in [0.4, 0.5) is 5.69 Å². The van der Waals surface area contributed by atoms with Crippen LogP contribution in [0.2, 0.25) is 0 Å². The quantitative estimate of drug-likeness (QED) is 0.720.